The summed E-state index contributed by atoms with van der Waals surface area (Å²) in [7, 11) is -0.962. The molecule has 80 valence electrons. The van der Waals surface area contributed by atoms with E-state index in [9.17, 15) is 4.79 Å². The van der Waals surface area contributed by atoms with Gasteiger partial charge in [-0.25, -0.2) is 0 Å². The lowest BCUT2D eigenvalue weighted by Crippen LogP contribution is -2.25. The molecule has 0 spiro atoms. The Labute approximate surface area is 92.9 Å². The lowest BCUT2D eigenvalue weighted by Gasteiger charge is -2.08. The van der Waals surface area contributed by atoms with Crippen molar-refractivity contribution in [3.8, 4) is 0 Å². The van der Waals surface area contributed by atoms with Gasteiger partial charge < -0.3 is 4.43 Å². The van der Waals surface area contributed by atoms with E-state index in [2.05, 4.69) is 6.58 Å². The summed E-state index contributed by atoms with van der Waals surface area (Å²) in [5.41, 5.74) is 1.07. The van der Waals surface area contributed by atoms with Gasteiger partial charge in [-0.3, -0.25) is 4.79 Å². The molecule has 0 aliphatic carbocycles. The molecule has 0 saturated carbocycles. The lowest BCUT2D eigenvalue weighted by atomic mass is 10.2. The van der Waals surface area contributed by atoms with Crippen molar-refractivity contribution in [2.75, 3.05) is 0 Å². The molecule has 0 radical (unpaired) electrons. The van der Waals surface area contributed by atoms with Crippen LogP contribution in [-0.4, -0.2) is 15.7 Å². The summed E-state index contributed by atoms with van der Waals surface area (Å²) in [4.78, 5) is 11.3. The van der Waals surface area contributed by atoms with E-state index in [1.807, 2.05) is 38.1 Å². The Balaban J connectivity index is 2.65. The maximum absolute atomic E-state index is 11.3. The summed E-state index contributed by atoms with van der Waals surface area (Å²) in [6, 6.07) is 7.90. The van der Waals surface area contributed by atoms with Gasteiger partial charge in [0, 0.05) is 5.92 Å². The Morgan fingerprint density at radius 3 is 2.73 bits per heavy atom. The summed E-state index contributed by atoms with van der Waals surface area (Å²) in [5, 5.41) is 1.13. The Morgan fingerprint density at radius 2 is 2.13 bits per heavy atom. The first-order valence-electron chi connectivity index (χ1n) is 5.02. The number of hydrogen-bond acceptors (Lipinski definition) is 2. The van der Waals surface area contributed by atoms with Crippen molar-refractivity contribution in [3.63, 3.8) is 0 Å². The molecule has 0 atom stereocenters. The van der Waals surface area contributed by atoms with E-state index >= 15 is 0 Å². The van der Waals surface area contributed by atoms with E-state index in [0.29, 0.717) is 0 Å². The minimum Gasteiger partial charge on any atom is -0.520 e. The predicted octanol–water partition coefficient (Wildman–Crippen LogP) is 1.24. The Morgan fingerprint density at radius 1 is 1.47 bits per heavy atom. The fourth-order valence-electron chi connectivity index (χ4n) is 1.18. The van der Waals surface area contributed by atoms with Crippen LogP contribution in [0.4, 0.5) is 0 Å². The highest BCUT2D eigenvalue weighted by Crippen LogP contribution is 1.99. The van der Waals surface area contributed by atoms with E-state index in [-0.39, 0.29) is 11.9 Å². The molecule has 2 nitrogen and oxygen atoms in total. The zero-order chi connectivity index (χ0) is 11.3. The molecule has 0 aliphatic heterocycles. The first-order chi connectivity index (χ1) is 7.15. The minimum absolute atomic E-state index is 0.0478. The molecule has 0 aromatic heterocycles. The van der Waals surface area contributed by atoms with Crippen LogP contribution in [0.3, 0.4) is 0 Å². The fourth-order valence-corrected chi connectivity index (χ4v) is 2.47. The lowest BCUT2D eigenvalue weighted by molar-refractivity contribution is -0.137. The molecule has 1 rings (SSSR count). The van der Waals surface area contributed by atoms with Gasteiger partial charge >= 0.3 is 0 Å². The maximum atomic E-state index is 11.3. The van der Waals surface area contributed by atoms with Crippen molar-refractivity contribution in [3.05, 3.63) is 36.4 Å². The van der Waals surface area contributed by atoms with Crippen LogP contribution in [-0.2, 0) is 9.22 Å². The highest BCUT2D eigenvalue weighted by molar-refractivity contribution is 6.50. The molecule has 0 heterocycles. The fraction of sp³-hybridized carbons (Fsp3) is 0.250. The zero-order valence-corrected chi connectivity index (χ0v) is 10.6. The van der Waals surface area contributed by atoms with Crippen molar-refractivity contribution >= 4 is 27.0 Å². The average Bonchev–Trinajstić information content (AvgIpc) is 2.26. The van der Waals surface area contributed by atoms with Gasteiger partial charge in [-0.1, -0.05) is 50.8 Å². The molecule has 0 unspecified atom stereocenters. The Hall–Kier alpha value is -1.35. The third-order valence-electron chi connectivity index (χ3n) is 2.12. The second-order valence-corrected chi connectivity index (χ2v) is 5.00. The van der Waals surface area contributed by atoms with Crippen LogP contribution in [0.5, 0.6) is 0 Å². The summed E-state index contributed by atoms with van der Waals surface area (Å²) >= 11 is 0. The van der Waals surface area contributed by atoms with Crippen LogP contribution in [0.1, 0.15) is 19.4 Å². The number of benzene rings is 1. The third kappa shape index (κ3) is 3.36. The smallest absolute Gasteiger partial charge is 0.294 e. The van der Waals surface area contributed by atoms with Crippen molar-refractivity contribution < 1.29 is 9.22 Å². The van der Waals surface area contributed by atoms with Crippen molar-refractivity contribution in [1.82, 2.24) is 0 Å². The molecular weight excluding hydrogens is 204 g/mol. The topological polar surface area (TPSA) is 26.3 Å². The molecule has 0 bridgehead atoms. The predicted molar refractivity (Wildman–Crippen MR) is 65.6 cm³/mol. The SMILES string of the molecule is C=Cc1ccccc1[SiH2]OC(=O)C(C)C. The van der Waals surface area contributed by atoms with E-state index in [1.165, 1.54) is 0 Å². The van der Waals surface area contributed by atoms with Gasteiger partial charge in [0.2, 0.25) is 0 Å². The van der Waals surface area contributed by atoms with E-state index < -0.39 is 9.76 Å². The molecule has 1 aromatic carbocycles. The van der Waals surface area contributed by atoms with Crippen LogP contribution in [0.25, 0.3) is 6.08 Å². The summed E-state index contributed by atoms with van der Waals surface area (Å²) in [6.45, 7) is 7.42. The van der Waals surface area contributed by atoms with Gasteiger partial charge in [-0.15, -0.1) is 0 Å². The molecular formula is C12H16O2Si. The molecule has 0 amide bonds. The van der Waals surface area contributed by atoms with E-state index in [1.54, 1.807) is 6.08 Å². The van der Waals surface area contributed by atoms with Crippen LogP contribution >= 0.6 is 0 Å². The van der Waals surface area contributed by atoms with E-state index in [0.717, 1.165) is 10.8 Å². The van der Waals surface area contributed by atoms with Gasteiger partial charge in [0.25, 0.3) is 15.7 Å². The molecule has 0 N–H and O–H groups in total. The zero-order valence-electron chi connectivity index (χ0n) is 9.19. The van der Waals surface area contributed by atoms with Crippen LogP contribution in [0, 0.1) is 5.92 Å². The third-order valence-corrected chi connectivity index (χ3v) is 3.50. The van der Waals surface area contributed by atoms with Crippen molar-refractivity contribution in [2.24, 2.45) is 5.92 Å². The summed E-state index contributed by atoms with van der Waals surface area (Å²) < 4.78 is 5.28. The van der Waals surface area contributed by atoms with Crippen LogP contribution in [0.15, 0.2) is 30.8 Å². The number of carbonyl (C=O) groups is 1. The molecule has 0 saturated heterocycles. The Kier molecular flexibility index (Phi) is 4.30. The second-order valence-electron chi connectivity index (χ2n) is 3.67. The van der Waals surface area contributed by atoms with Gasteiger partial charge in [-0.05, 0) is 10.8 Å². The van der Waals surface area contributed by atoms with Gasteiger partial charge in [-0.2, -0.15) is 0 Å². The molecule has 15 heavy (non-hydrogen) atoms. The van der Waals surface area contributed by atoms with Gasteiger partial charge in [0.15, 0.2) is 0 Å². The van der Waals surface area contributed by atoms with E-state index in [4.69, 9.17) is 4.43 Å². The number of hydrogen-bond donors (Lipinski definition) is 0. The Bertz CT molecular complexity index is 358. The first kappa shape index (κ1) is 11.7. The molecule has 3 heteroatoms. The maximum Gasteiger partial charge on any atom is 0.294 e. The average molecular weight is 220 g/mol. The van der Waals surface area contributed by atoms with Gasteiger partial charge in [0.05, 0.1) is 0 Å². The molecule has 0 fully saturated rings. The van der Waals surface area contributed by atoms with Crippen LogP contribution < -0.4 is 5.19 Å². The van der Waals surface area contributed by atoms with Crippen molar-refractivity contribution in [1.29, 1.82) is 0 Å². The normalized spacial score (nSPS) is 10.9. The highest BCUT2D eigenvalue weighted by atomic mass is 28.2. The summed E-state index contributed by atoms with van der Waals surface area (Å²) in [6.07, 6.45) is 1.80. The largest absolute Gasteiger partial charge is 0.520 e. The van der Waals surface area contributed by atoms with Gasteiger partial charge in [0.1, 0.15) is 0 Å². The summed E-state index contributed by atoms with van der Waals surface area (Å²) in [5.74, 6) is -0.158. The number of rotatable bonds is 4. The first-order valence-corrected chi connectivity index (χ1v) is 6.30. The molecule has 0 aliphatic rings. The standard InChI is InChI=1S/C12H16O2Si/c1-4-10-7-5-6-8-11(10)15-14-12(13)9(2)3/h4-9H,1,15H2,2-3H3. The second kappa shape index (κ2) is 5.51. The number of carbonyl (C=O) groups excluding carboxylic acids is 1. The quantitative estimate of drug-likeness (QED) is 0.714. The minimum atomic E-state index is -0.962. The van der Waals surface area contributed by atoms with Crippen LogP contribution in [0.2, 0.25) is 0 Å². The monoisotopic (exact) mass is 220 g/mol. The van der Waals surface area contributed by atoms with Crippen molar-refractivity contribution in [2.45, 2.75) is 13.8 Å². The molecule has 1 aromatic rings. The highest BCUT2D eigenvalue weighted by Gasteiger charge is 2.09.